The average Bonchev–Trinajstić information content (AvgIpc) is 3.46. The first kappa shape index (κ1) is 32.6. The summed E-state index contributed by atoms with van der Waals surface area (Å²) in [5.74, 6) is -0.381. The van der Waals surface area contributed by atoms with E-state index in [0.717, 1.165) is 22.4 Å². The maximum Gasteiger partial charge on any atom is 0.410 e. The molecule has 0 aliphatic heterocycles. The minimum absolute atomic E-state index is 0.194. The van der Waals surface area contributed by atoms with E-state index in [4.69, 9.17) is 14.3 Å². The van der Waals surface area contributed by atoms with Gasteiger partial charge in [-0.2, -0.15) is 8.42 Å². The van der Waals surface area contributed by atoms with Gasteiger partial charge in [0.1, 0.15) is 16.7 Å². The van der Waals surface area contributed by atoms with Gasteiger partial charge in [-0.1, -0.05) is 72.8 Å². The molecule has 3 N–H and O–H groups in total. The molecule has 44 heavy (non-hydrogen) atoms. The van der Waals surface area contributed by atoms with Crippen LogP contribution in [0.25, 0.3) is 11.3 Å². The van der Waals surface area contributed by atoms with Crippen molar-refractivity contribution >= 4 is 39.3 Å². The van der Waals surface area contributed by atoms with Gasteiger partial charge >= 0.3 is 16.4 Å². The lowest BCUT2D eigenvalue weighted by molar-refractivity contribution is -0.126. The molecule has 232 valence electrons. The Hall–Kier alpha value is -4.26. The number of carbonyl (C=O) groups is 2. The van der Waals surface area contributed by atoms with Crippen LogP contribution in [0.15, 0.2) is 90.3 Å². The van der Waals surface area contributed by atoms with E-state index in [1.165, 1.54) is 28.4 Å². The summed E-state index contributed by atoms with van der Waals surface area (Å²) < 4.78 is 39.1. The van der Waals surface area contributed by atoms with Crippen molar-refractivity contribution in [2.75, 3.05) is 11.8 Å². The molecule has 2 amide bonds. The Labute approximate surface area is 262 Å². The Kier molecular flexibility index (Phi) is 10.4. The molecule has 2 unspecified atom stereocenters. The van der Waals surface area contributed by atoms with Gasteiger partial charge in [-0.3, -0.25) is 19.0 Å². The van der Waals surface area contributed by atoms with Crippen LogP contribution < -0.4 is 10.0 Å². The molecule has 0 aliphatic carbocycles. The number of amides is 2. The highest BCUT2D eigenvalue weighted by atomic mass is 32.2. The standard InChI is InChI=1S/C32H36N4O6S2/c1-32(2,3)42-31(38)36(4)28(20-22-11-7-5-8-12-22)29(37)33-26(19-23-15-17-25(18-16-23)35-44(39,40)41)30-34-27(21-43-30)24-13-9-6-10-14-24/h5-18,21,26,28,35H,19-20H2,1-4H3,(H,33,37)(H,39,40,41). The fourth-order valence-corrected chi connectivity index (χ4v) is 5.77. The third-order valence-corrected chi connectivity index (χ3v) is 8.02. The Bertz CT molecular complexity index is 1650. The van der Waals surface area contributed by atoms with E-state index in [2.05, 4.69) is 5.32 Å². The zero-order valence-corrected chi connectivity index (χ0v) is 26.6. The number of benzene rings is 3. The molecule has 0 saturated heterocycles. The van der Waals surface area contributed by atoms with Crippen LogP contribution in [0, 0.1) is 0 Å². The first-order chi connectivity index (χ1) is 20.8. The molecule has 10 nitrogen and oxygen atoms in total. The van der Waals surface area contributed by atoms with Gasteiger partial charge in [0.25, 0.3) is 0 Å². The summed E-state index contributed by atoms with van der Waals surface area (Å²) in [7, 11) is -2.87. The maximum absolute atomic E-state index is 14.0. The van der Waals surface area contributed by atoms with Crippen LogP contribution in [0.5, 0.6) is 0 Å². The topological polar surface area (TPSA) is 138 Å². The third kappa shape index (κ3) is 9.63. The monoisotopic (exact) mass is 636 g/mol. The van der Waals surface area contributed by atoms with E-state index in [9.17, 15) is 18.0 Å². The predicted molar refractivity (Wildman–Crippen MR) is 172 cm³/mol. The Morgan fingerprint density at radius 3 is 2.11 bits per heavy atom. The number of rotatable bonds is 11. The van der Waals surface area contributed by atoms with E-state index in [1.54, 1.807) is 40.0 Å². The van der Waals surface area contributed by atoms with E-state index in [1.807, 2.05) is 70.8 Å². The van der Waals surface area contributed by atoms with Crippen molar-refractivity contribution in [1.82, 2.24) is 15.2 Å². The number of nitrogens with one attached hydrogen (secondary N) is 2. The second kappa shape index (κ2) is 14.0. The molecule has 12 heteroatoms. The van der Waals surface area contributed by atoms with Crippen LogP contribution in [-0.4, -0.2) is 53.5 Å². The van der Waals surface area contributed by atoms with Crippen molar-refractivity contribution in [3.05, 3.63) is 106 Å². The summed E-state index contributed by atoms with van der Waals surface area (Å²) in [4.78, 5) is 33.3. The summed E-state index contributed by atoms with van der Waals surface area (Å²) >= 11 is 1.41. The van der Waals surface area contributed by atoms with Gasteiger partial charge in [-0.15, -0.1) is 11.3 Å². The van der Waals surface area contributed by atoms with Crippen molar-refractivity contribution in [2.45, 2.75) is 51.3 Å². The molecular formula is C32H36N4O6S2. The fourth-order valence-electron chi connectivity index (χ4n) is 4.45. The molecule has 3 aromatic carbocycles. The van der Waals surface area contributed by atoms with Gasteiger partial charge in [0.05, 0.1) is 17.4 Å². The van der Waals surface area contributed by atoms with Gasteiger partial charge in [-0.05, 0) is 50.5 Å². The maximum atomic E-state index is 14.0. The highest BCUT2D eigenvalue weighted by Gasteiger charge is 2.32. The predicted octanol–water partition coefficient (Wildman–Crippen LogP) is 5.90. The molecule has 0 saturated carbocycles. The van der Waals surface area contributed by atoms with E-state index >= 15 is 0 Å². The van der Waals surface area contributed by atoms with Crippen molar-refractivity contribution in [1.29, 1.82) is 0 Å². The molecule has 1 heterocycles. The number of ether oxygens (including phenoxy) is 1. The van der Waals surface area contributed by atoms with E-state index in [0.29, 0.717) is 11.4 Å². The minimum atomic E-state index is -4.42. The van der Waals surface area contributed by atoms with Crippen molar-refractivity contribution < 1.29 is 27.3 Å². The molecule has 0 radical (unpaired) electrons. The smallest absolute Gasteiger partial charge is 0.410 e. The summed E-state index contributed by atoms with van der Waals surface area (Å²) in [6.07, 6.45) is -0.0285. The van der Waals surface area contributed by atoms with Crippen LogP contribution >= 0.6 is 11.3 Å². The molecule has 4 rings (SSSR count). The van der Waals surface area contributed by atoms with Gasteiger partial charge in [0.2, 0.25) is 5.91 Å². The van der Waals surface area contributed by atoms with Gasteiger partial charge in [-0.25, -0.2) is 9.78 Å². The van der Waals surface area contributed by atoms with E-state index < -0.39 is 34.1 Å². The molecular weight excluding hydrogens is 601 g/mol. The molecule has 2 atom stereocenters. The molecule has 0 aliphatic rings. The Morgan fingerprint density at radius 2 is 1.52 bits per heavy atom. The Balaban J connectivity index is 1.64. The lowest BCUT2D eigenvalue weighted by Crippen LogP contribution is -2.51. The van der Waals surface area contributed by atoms with Gasteiger partial charge in [0, 0.05) is 24.4 Å². The first-order valence-corrected chi connectivity index (χ1v) is 16.2. The summed E-state index contributed by atoms with van der Waals surface area (Å²) in [5.41, 5.74) is 2.82. The normalized spacial score (nSPS) is 13.0. The van der Waals surface area contributed by atoms with Crippen LogP contribution in [-0.2, 0) is 32.7 Å². The molecule has 0 spiro atoms. The van der Waals surface area contributed by atoms with Gasteiger partial charge < -0.3 is 10.1 Å². The SMILES string of the molecule is CN(C(=O)OC(C)(C)C)C(Cc1ccccc1)C(=O)NC(Cc1ccc(NS(=O)(=O)O)cc1)c1nc(-c2ccccc2)cs1. The fraction of sp³-hybridized carbons (Fsp3) is 0.281. The first-order valence-electron chi connectivity index (χ1n) is 13.9. The van der Waals surface area contributed by atoms with Crippen LogP contribution in [0.1, 0.15) is 42.9 Å². The van der Waals surface area contributed by atoms with Crippen molar-refractivity contribution in [3.63, 3.8) is 0 Å². The summed E-state index contributed by atoms with van der Waals surface area (Å²) in [6.45, 7) is 5.31. The average molecular weight is 637 g/mol. The lowest BCUT2D eigenvalue weighted by Gasteiger charge is -2.31. The van der Waals surface area contributed by atoms with E-state index in [-0.39, 0.29) is 18.0 Å². The van der Waals surface area contributed by atoms with Crippen molar-refractivity contribution in [3.8, 4) is 11.3 Å². The number of anilines is 1. The molecule has 0 bridgehead atoms. The zero-order valence-electron chi connectivity index (χ0n) is 24.9. The van der Waals surface area contributed by atoms with Crippen LogP contribution in [0.4, 0.5) is 10.5 Å². The second-order valence-corrected chi connectivity index (χ2v) is 13.3. The zero-order chi connectivity index (χ0) is 31.9. The number of aromatic nitrogens is 1. The number of carbonyl (C=O) groups excluding carboxylic acids is 2. The largest absolute Gasteiger partial charge is 0.444 e. The molecule has 4 aromatic rings. The number of hydrogen-bond acceptors (Lipinski definition) is 7. The number of hydrogen-bond donors (Lipinski definition) is 3. The highest BCUT2D eigenvalue weighted by molar-refractivity contribution is 7.87. The molecule has 1 aromatic heterocycles. The van der Waals surface area contributed by atoms with Gasteiger partial charge in [0.15, 0.2) is 0 Å². The summed E-state index contributed by atoms with van der Waals surface area (Å²) in [5, 5.41) is 5.72. The third-order valence-electron chi connectivity index (χ3n) is 6.57. The highest BCUT2D eigenvalue weighted by Crippen LogP contribution is 2.28. The van der Waals surface area contributed by atoms with Crippen LogP contribution in [0.3, 0.4) is 0 Å². The quantitative estimate of drug-likeness (QED) is 0.174. The van der Waals surface area contributed by atoms with Crippen molar-refractivity contribution in [2.24, 2.45) is 0 Å². The summed E-state index contributed by atoms with van der Waals surface area (Å²) in [6, 6.07) is 24.1. The Morgan fingerprint density at radius 1 is 0.932 bits per heavy atom. The number of likely N-dealkylation sites (N-methyl/N-ethyl adjacent to an activating group) is 1. The molecule has 0 fully saturated rings. The lowest BCUT2D eigenvalue weighted by atomic mass is 10.0. The minimum Gasteiger partial charge on any atom is -0.444 e. The number of thiazole rings is 1. The second-order valence-electron chi connectivity index (χ2n) is 11.3. The number of nitrogens with zero attached hydrogens (tertiary/aromatic N) is 2. The van der Waals surface area contributed by atoms with Crippen LogP contribution in [0.2, 0.25) is 0 Å².